The molecule has 21 heavy (non-hydrogen) atoms. The van der Waals surface area contributed by atoms with Crippen LogP contribution in [0.3, 0.4) is 0 Å². The molecule has 0 heterocycles. The van der Waals surface area contributed by atoms with Crippen molar-refractivity contribution in [1.29, 1.82) is 0 Å². The minimum atomic E-state index is -0.320. The monoisotopic (exact) mass is 302 g/mol. The second-order valence-corrected chi connectivity index (χ2v) is 4.25. The standard InChI is InChI=1S/C15H26O6/c1-5-15(9-19-12-16-6-2,10-20-13-17-7-3)11-21-14-18-8-4/h6-8H,2-5,9-14H2,1H3. The third-order valence-corrected chi connectivity index (χ3v) is 2.78. The van der Waals surface area contributed by atoms with Crippen molar-refractivity contribution in [2.24, 2.45) is 5.41 Å². The van der Waals surface area contributed by atoms with Gasteiger partial charge in [0.25, 0.3) is 0 Å². The molecule has 0 aromatic rings. The zero-order valence-corrected chi connectivity index (χ0v) is 12.8. The van der Waals surface area contributed by atoms with Gasteiger partial charge in [0.1, 0.15) is 0 Å². The van der Waals surface area contributed by atoms with Crippen molar-refractivity contribution in [3.05, 3.63) is 38.5 Å². The topological polar surface area (TPSA) is 55.4 Å². The van der Waals surface area contributed by atoms with Crippen molar-refractivity contribution >= 4 is 0 Å². The van der Waals surface area contributed by atoms with E-state index in [0.29, 0.717) is 19.8 Å². The average molecular weight is 302 g/mol. The van der Waals surface area contributed by atoms with Crippen LogP contribution < -0.4 is 0 Å². The molecule has 0 saturated heterocycles. The second-order valence-electron chi connectivity index (χ2n) is 4.25. The van der Waals surface area contributed by atoms with E-state index >= 15 is 0 Å². The molecule has 0 saturated carbocycles. The summed E-state index contributed by atoms with van der Waals surface area (Å²) in [5.41, 5.74) is -0.320. The van der Waals surface area contributed by atoms with Crippen molar-refractivity contribution in [3.63, 3.8) is 0 Å². The van der Waals surface area contributed by atoms with Gasteiger partial charge in [0, 0.05) is 5.41 Å². The van der Waals surface area contributed by atoms with E-state index in [1.54, 1.807) is 0 Å². The predicted molar refractivity (Wildman–Crippen MR) is 79.0 cm³/mol. The maximum absolute atomic E-state index is 5.47. The third-order valence-electron chi connectivity index (χ3n) is 2.78. The largest absolute Gasteiger partial charge is 0.476 e. The summed E-state index contributed by atoms with van der Waals surface area (Å²) in [5.74, 6) is 0. The third kappa shape index (κ3) is 9.95. The van der Waals surface area contributed by atoms with Gasteiger partial charge >= 0.3 is 0 Å². The highest BCUT2D eigenvalue weighted by Gasteiger charge is 2.30. The van der Waals surface area contributed by atoms with E-state index in [2.05, 4.69) is 19.7 Å². The molecule has 6 nitrogen and oxygen atoms in total. The predicted octanol–water partition coefficient (Wildman–Crippen LogP) is 2.79. The summed E-state index contributed by atoms with van der Waals surface area (Å²) in [6, 6.07) is 0. The Kier molecular flexibility index (Phi) is 12.5. The van der Waals surface area contributed by atoms with Gasteiger partial charge in [0.2, 0.25) is 0 Å². The first kappa shape index (κ1) is 19.5. The Labute approximate surface area is 126 Å². The van der Waals surface area contributed by atoms with Gasteiger partial charge < -0.3 is 28.4 Å². The van der Waals surface area contributed by atoms with Crippen LogP contribution in [0.2, 0.25) is 0 Å². The molecule has 0 radical (unpaired) electrons. The molecule has 0 amide bonds. The highest BCUT2D eigenvalue weighted by atomic mass is 16.7. The molecule has 0 aromatic heterocycles. The van der Waals surface area contributed by atoms with Gasteiger partial charge in [-0.2, -0.15) is 0 Å². The van der Waals surface area contributed by atoms with Gasteiger partial charge in [-0.25, -0.2) is 0 Å². The normalized spacial score (nSPS) is 10.7. The van der Waals surface area contributed by atoms with Crippen LogP contribution in [0.25, 0.3) is 0 Å². The van der Waals surface area contributed by atoms with Gasteiger partial charge in [0.15, 0.2) is 20.4 Å². The van der Waals surface area contributed by atoms with E-state index in [-0.39, 0.29) is 25.8 Å². The Morgan fingerprint density at radius 3 is 1.29 bits per heavy atom. The van der Waals surface area contributed by atoms with Crippen LogP contribution in [0.5, 0.6) is 0 Å². The van der Waals surface area contributed by atoms with Gasteiger partial charge in [-0.05, 0) is 6.42 Å². The summed E-state index contributed by atoms with van der Waals surface area (Å²) in [6.07, 6.45) is 4.78. The minimum Gasteiger partial charge on any atom is -0.476 e. The maximum Gasteiger partial charge on any atom is 0.188 e. The number of rotatable bonds is 16. The van der Waals surface area contributed by atoms with Crippen molar-refractivity contribution in [2.75, 3.05) is 40.2 Å². The van der Waals surface area contributed by atoms with Crippen LogP contribution in [0.1, 0.15) is 13.3 Å². The lowest BCUT2D eigenvalue weighted by atomic mass is 9.88. The molecule has 0 spiro atoms. The molecule has 0 atom stereocenters. The van der Waals surface area contributed by atoms with E-state index in [1.807, 2.05) is 6.92 Å². The Hall–Kier alpha value is -1.50. The quantitative estimate of drug-likeness (QED) is 0.248. The lowest BCUT2D eigenvalue weighted by molar-refractivity contribution is -0.137. The minimum absolute atomic E-state index is 0.136. The number of hydrogen-bond donors (Lipinski definition) is 0. The summed E-state index contributed by atoms with van der Waals surface area (Å²) in [5, 5.41) is 0. The summed E-state index contributed by atoms with van der Waals surface area (Å²) >= 11 is 0. The fourth-order valence-corrected chi connectivity index (χ4v) is 1.49. The van der Waals surface area contributed by atoms with Crippen LogP contribution in [-0.4, -0.2) is 40.2 Å². The van der Waals surface area contributed by atoms with Gasteiger partial charge in [-0.1, -0.05) is 26.7 Å². The summed E-state index contributed by atoms with van der Waals surface area (Å²) < 4.78 is 31.2. The SMILES string of the molecule is C=COCOCC(CC)(COCOC=C)COCOC=C. The fraction of sp³-hybridized carbons (Fsp3) is 0.600. The molecule has 0 unspecified atom stereocenters. The van der Waals surface area contributed by atoms with E-state index in [1.165, 1.54) is 18.8 Å². The van der Waals surface area contributed by atoms with Crippen molar-refractivity contribution in [3.8, 4) is 0 Å². The van der Waals surface area contributed by atoms with E-state index < -0.39 is 0 Å². The zero-order chi connectivity index (χ0) is 15.8. The molecule has 122 valence electrons. The van der Waals surface area contributed by atoms with Gasteiger partial charge in [-0.3, -0.25) is 0 Å². The molecule has 0 aliphatic rings. The molecule has 6 heteroatoms. The molecule has 0 rings (SSSR count). The Morgan fingerprint density at radius 1 is 0.714 bits per heavy atom. The first-order valence-electron chi connectivity index (χ1n) is 6.65. The van der Waals surface area contributed by atoms with Crippen LogP contribution in [-0.2, 0) is 28.4 Å². The van der Waals surface area contributed by atoms with E-state index in [9.17, 15) is 0 Å². The highest BCUT2D eigenvalue weighted by Crippen LogP contribution is 2.24. The van der Waals surface area contributed by atoms with Crippen molar-refractivity contribution in [1.82, 2.24) is 0 Å². The lowest BCUT2D eigenvalue weighted by Gasteiger charge is -2.31. The smallest absolute Gasteiger partial charge is 0.188 e. The Morgan fingerprint density at radius 2 is 1.05 bits per heavy atom. The molecule has 0 N–H and O–H groups in total. The second kappa shape index (κ2) is 13.5. The number of ether oxygens (including phenoxy) is 6. The van der Waals surface area contributed by atoms with Gasteiger partial charge in [-0.15, -0.1) is 0 Å². The highest BCUT2D eigenvalue weighted by molar-refractivity contribution is 4.77. The van der Waals surface area contributed by atoms with Gasteiger partial charge in [0.05, 0.1) is 38.6 Å². The summed E-state index contributed by atoms with van der Waals surface area (Å²) in [7, 11) is 0. The van der Waals surface area contributed by atoms with Crippen molar-refractivity contribution < 1.29 is 28.4 Å². The fourth-order valence-electron chi connectivity index (χ4n) is 1.49. The Balaban J connectivity index is 4.31. The first-order chi connectivity index (χ1) is 10.2. The Bertz CT molecular complexity index is 239. The molecule has 0 aliphatic heterocycles. The van der Waals surface area contributed by atoms with E-state index in [4.69, 9.17) is 28.4 Å². The van der Waals surface area contributed by atoms with Crippen LogP contribution >= 0.6 is 0 Å². The van der Waals surface area contributed by atoms with Crippen LogP contribution in [0, 0.1) is 5.41 Å². The molecule has 0 fully saturated rings. The molecule has 0 aromatic carbocycles. The number of hydrogen-bond acceptors (Lipinski definition) is 6. The lowest BCUT2D eigenvalue weighted by Crippen LogP contribution is -2.37. The summed E-state index contributed by atoms with van der Waals surface area (Å²) in [4.78, 5) is 0. The van der Waals surface area contributed by atoms with Crippen LogP contribution in [0.15, 0.2) is 38.5 Å². The van der Waals surface area contributed by atoms with Crippen molar-refractivity contribution in [2.45, 2.75) is 13.3 Å². The summed E-state index contributed by atoms with van der Waals surface area (Å²) in [6.45, 7) is 14.0. The first-order valence-corrected chi connectivity index (χ1v) is 6.65. The molecule has 0 bridgehead atoms. The molecular weight excluding hydrogens is 276 g/mol. The van der Waals surface area contributed by atoms with Crippen LogP contribution in [0.4, 0.5) is 0 Å². The average Bonchev–Trinajstić information content (AvgIpc) is 2.51. The maximum atomic E-state index is 5.47. The molecule has 0 aliphatic carbocycles. The zero-order valence-electron chi connectivity index (χ0n) is 12.8. The molecular formula is C15H26O6. The van der Waals surface area contributed by atoms with E-state index in [0.717, 1.165) is 6.42 Å².